The number of benzene rings is 2. The van der Waals surface area contributed by atoms with Crippen LogP contribution in [0.2, 0.25) is 0 Å². The maximum atomic E-state index is 11.9. The smallest absolute Gasteiger partial charge is 0.321 e. The Morgan fingerprint density at radius 1 is 1.09 bits per heavy atom. The first-order valence-electron chi connectivity index (χ1n) is 7.32. The highest BCUT2D eigenvalue weighted by Gasteiger charge is 2.07. The summed E-state index contributed by atoms with van der Waals surface area (Å²) in [5, 5.41) is 8.12. The van der Waals surface area contributed by atoms with E-state index in [4.69, 9.17) is 0 Å². The SMILES string of the molecule is Cc1ccc(-c2csc(NC(=O)NCc3ccccc3)n2)cc1. The molecule has 116 valence electrons. The van der Waals surface area contributed by atoms with E-state index in [1.807, 2.05) is 60.0 Å². The van der Waals surface area contributed by atoms with Gasteiger partial charge in [-0.15, -0.1) is 11.3 Å². The van der Waals surface area contributed by atoms with Gasteiger partial charge >= 0.3 is 6.03 Å². The van der Waals surface area contributed by atoms with E-state index in [0.29, 0.717) is 11.7 Å². The van der Waals surface area contributed by atoms with Crippen LogP contribution in [0.4, 0.5) is 9.93 Å². The number of nitrogens with zero attached hydrogens (tertiary/aromatic N) is 1. The Hall–Kier alpha value is -2.66. The molecule has 0 saturated carbocycles. The van der Waals surface area contributed by atoms with Gasteiger partial charge in [0, 0.05) is 17.5 Å². The lowest BCUT2D eigenvalue weighted by Gasteiger charge is -2.05. The van der Waals surface area contributed by atoms with Gasteiger partial charge in [-0.05, 0) is 12.5 Å². The van der Waals surface area contributed by atoms with Gasteiger partial charge in [0.05, 0.1) is 5.69 Å². The molecule has 1 aromatic heterocycles. The van der Waals surface area contributed by atoms with Crippen LogP contribution < -0.4 is 10.6 Å². The summed E-state index contributed by atoms with van der Waals surface area (Å²) in [5.74, 6) is 0. The number of nitrogens with one attached hydrogen (secondary N) is 2. The number of rotatable bonds is 4. The molecule has 1 heterocycles. The molecule has 3 aromatic rings. The highest BCUT2D eigenvalue weighted by atomic mass is 32.1. The number of amides is 2. The molecule has 2 amide bonds. The second kappa shape index (κ2) is 7.07. The third-order valence-corrected chi connectivity index (χ3v) is 4.13. The van der Waals surface area contributed by atoms with E-state index < -0.39 is 0 Å². The molecule has 2 N–H and O–H groups in total. The molecule has 5 heteroatoms. The number of urea groups is 1. The van der Waals surface area contributed by atoms with Gasteiger partial charge < -0.3 is 5.32 Å². The monoisotopic (exact) mass is 323 g/mol. The fourth-order valence-electron chi connectivity index (χ4n) is 2.11. The third kappa shape index (κ3) is 4.17. The van der Waals surface area contributed by atoms with Gasteiger partial charge in [0.15, 0.2) is 5.13 Å². The van der Waals surface area contributed by atoms with Crippen molar-refractivity contribution in [3.05, 3.63) is 71.1 Å². The lowest BCUT2D eigenvalue weighted by molar-refractivity contribution is 0.251. The summed E-state index contributed by atoms with van der Waals surface area (Å²) in [6.45, 7) is 2.54. The van der Waals surface area contributed by atoms with E-state index in [9.17, 15) is 4.79 Å². The van der Waals surface area contributed by atoms with Crippen molar-refractivity contribution in [2.24, 2.45) is 0 Å². The van der Waals surface area contributed by atoms with Crippen LogP contribution in [0.1, 0.15) is 11.1 Å². The van der Waals surface area contributed by atoms with E-state index >= 15 is 0 Å². The molecule has 2 aromatic carbocycles. The highest BCUT2D eigenvalue weighted by molar-refractivity contribution is 7.14. The van der Waals surface area contributed by atoms with Crippen LogP contribution in [0.25, 0.3) is 11.3 Å². The Bertz CT molecular complexity index is 782. The number of anilines is 1. The van der Waals surface area contributed by atoms with Crippen LogP contribution in [0.5, 0.6) is 0 Å². The molecule has 0 fully saturated rings. The first-order valence-corrected chi connectivity index (χ1v) is 8.20. The Labute approximate surface area is 139 Å². The van der Waals surface area contributed by atoms with Crippen molar-refractivity contribution in [3.8, 4) is 11.3 Å². The van der Waals surface area contributed by atoms with Crippen LogP contribution in [0.15, 0.2) is 60.0 Å². The lowest BCUT2D eigenvalue weighted by atomic mass is 10.1. The number of hydrogen-bond donors (Lipinski definition) is 2. The molecule has 0 aliphatic carbocycles. The predicted molar refractivity (Wildman–Crippen MR) is 94.6 cm³/mol. The average molecular weight is 323 g/mol. The Morgan fingerprint density at radius 2 is 1.83 bits per heavy atom. The fourth-order valence-corrected chi connectivity index (χ4v) is 2.82. The van der Waals surface area contributed by atoms with Gasteiger partial charge in [0.2, 0.25) is 0 Å². The lowest BCUT2D eigenvalue weighted by Crippen LogP contribution is -2.28. The summed E-state index contributed by atoms with van der Waals surface area (Å²) in [7, 11) is 0. The largest absolute Gasteiger partial charge is 0.334 e. The van der Waals surface area contributed by atoms with E-state index in [0.717, 1.165) is 16.8 Å². The number of thiazole rings is 1. The summed E-state index contributed by atoms with van der Waals surface area (Å²) in [5.41, 5.74) is 4.18. The predicted octanol–water partition coefficient (Wildman–Crippen LogP) is 4.44. The second-order valence-electron chi connectivity index (χ2n) is 5.20. The Morgan fingerprint density at radius 3 is 2.57 bits per heavy atom. The zero-order chi connectivity index (χ0) is 16.1. The molecule has 0 spiro atoms. The molecule has 23 heavy (non-hydrogen) atoms. The van der Waals surface area contributed by atoms with Gasteiger partial charge in [-0.1, -0.05) is 60.2 Å². The van der Waals surface area contributed by atoms with Crippen LogP contribution in [0, 0.1) is 6.92 Å². The van der Waals surface area contributed by atoms with Crippen LogP contribution in [-0.2, 0) is 6.54 Å². The van der Waals surface area contributed by atoms with Gasteiger partial charge in [0.25, 0.3) is 0 Å². The van der Waals surface area contributed by atoms with Crippen molar-refractivity contribution >= 4 is 22.5 Å². The molecule has 0 bridgehead atoms. The van der Waals surface area contributed by atoms with Crippen molar-refractivity contribution < 1.29 is 4.79 Å². The minimum absolute atomic E-state index is 0.251. The standard InChI is InChI=1S/C18H17N3OS/c1-13-7-9-15(10-8-13)16-12-23-18(20-16)21-17(22)19-11-14-5-3-2-4-6-14/h2-10,12H,11H2,1H3,(H2,19,20,21,22). The van der Waals surface area contributed by atoms with Crippen molar-refractivity contribution in [2.45, 2.75) is 13.5 Å². The van der Waals surface area contributed by atoms with Crippen LogP contribution >= 0.6 is 11.3 Å². The molecular weight excluding hydrogens is 306 g/mol. The van der Waals surface area contributed by atoms with Gasteiger partial charge in [0.1, 0.15) is 0 Å². The number of aromatic nitrogens is 1. The van der Waals surface area contributed by atoms with E-state index in [1.54, 1.807) is 0 Å². The Balaban J connectivity index is 1.58. The van der Waals surface area contributed by atoms with E-state index in [1.165, 1.54) is 16.9 Å². The maximum Gasteiger partial charge on any atom is 0.321 e. The van der Waals surface area contributed by atoms with Gasteiger partial charge in [-0.2, -0.15) is 0 Å². The maximum absolute atomic E-state index is 11.9. The topological polar surface area (TPSA) is 54.0 Å². The molecule has 0 radical (unpaired) electrons. The zero-order valence-electron chi connectivity index (χ0n) is 12.7. The van der Waals surface area contributed by atoms with Crippen molar-refractivity contribution in [1.29, 1.82) is 0 Å². The van der Waals surface area contributed by atoms with Gasteiger partial charge in [-0.25, -0.2) is 9.78 Å². The zero-order valence-corrected chi connectivity index (χ0v) is 13.6. The normalized spacial score (nSPS) is 10.3. The van der Waals surface area contributed by atoms with Crippen molar-refractivity contribution in [2.75, 3.05) is 5.32 Å². The number of carbonyl (C=O) groups excluding carboxylic acids is 1. The van der Waals surface area contributed by atoms with E-state index in [-0.39, 0.29) is 6.03 Å². The molecule has 0 aliphatic heterocycles. The first-order chi connectivity index (χ1) is 11.2. The summed E-state index contributed by atoms with van der Waals surface area (Å²) < 4.78 is 0. The van der Waals surface area contributed by atoms with Gasteiger partial charge in [-0.3, -0.25) is 5.32 Å². The quantitative estimate of drug-likeness (QED) is 0.746. The minimum Gasteiger partial charge on any atom is -0.334 e. The number of carbonyl (C=O) groups is 1. The summed E-state index contributed by atoms with van der Waals surface area (Å²) in [6, 6.07) is 17.7. The molecular formula is C18H17N3OS. The molecule has 4 nitrogen and oxygen atoms in total. The van der Waals surface area contributed by atoms with Crippen LogP contribution in [-0.4, -0.2) is 11.0 Å². The number of hydrogen-bond acceptors (Lipinski definition) is 3. The molecule has 0 saturated heterocycles. The fraction of sp³-hybridized carbons (Fsp3) is 0.111. The molecule has 0 atom stereocenters. The van der Waals surface area contributed by atoms with E-state index in [2.05, 4.69) is 22.5 Å². The van der Waals surface area contributed by atoms with Crippen molar-refractivity contribution in [1.82, 2.24) is 10.3 Å². The summed E-state index contributed by atoms with van der Waals surface area (Å²) in [6.07, 6.45) is 0. The summed E-state index contributed by atoms with van der Waals surface area (Å²) >= 11 is 1.42. The average Bonchev–Trinajstić information content (AvgIpc) is 3.03. The highest BCUT2D eigenvalue weighted by Crippen LogP contribution is 2.24. The number of aryl methyl sites for hydroxylation is 1. The molecule has 0 aliphatic rings. The molecule has 0 unspecified atom stereocenters. The molecule has 3 rings (SSSR count). The minimum atomic E-state index is -0.251. The van der Waals surface area contributed by atoms with Crippen molar-refractivity contribution in [3.63, 3.8) is 0 Å². The summed E-state index contributed by atoms with van der Waals surface area (Å²) in [4.78, 5) is 16.4. The third-order valence-electron chi connectivity index (χ3n) is 3.37. The van der Waals surface area contributed by atoms with Crippen LogP contribution in [0.3, 0.4) is 0 Å². The first kappa shape index (κ1) is 15.2. The Kier molecular flexibility index (Phi) is 4.68. The second-order valence-corrected chi connectivity index (χ2v) is 6.06.